The van der Waals surface area contributed by atoms with Crippen molar-refractivity contribution in [1.82, 2.24) is 5.32 Å². The van der Waals surface area contributed by atoms with E-state index in [4.69, 9.17) is 22.1 Å². The lowest BCUT2D eigenvalue weighted by Crippen LogP contribution is -2.34. The van der Waals surface area contributed by atoms with E-state index >= 15 is 0 Å². The molecule has 0 unspecified atom stereocenters. The maximum atomic E-state index is 6.07. The van der Waals surface area contributed by atoms with Gasteiger partial charge in [0.1, 0.15) is 0 Å². The van der Waals surface area contributed by atoms with Crippen LogP contribution in [0.3, 0.4) is 0 Å². The number of benzene rings is 1. The van der Waals surface area contributed by atoms with Gasteiger partial charge in [-0.05, 0) is 37.1 Å². The van der Waals surface area contributed by atoms with Gasteiger partial charge in [-0.3, -0.25) is 0 Å². The van der Waals surface area contributed by atoms with Crippen molar-refractivity contribution in [1.29, 1.82) is 0 Å². The maximum Gasteiger partial charge on any atom is 0.0866 e. The van der Waals surface area contributed by atoms with E-state index in [9.17, 15) is 0 Å². The van der Waals surface area contributed by atoms with Gasteiger partial charge in [0.2, 0.25) is 0 Å². The molecule has 18 heavy (non-hydrogen) atoms. The predicted molar refractivity (Wildman–Crippen MR) is 74.8 cm³/mol. The van der Waals surface area contributed by atoms with Gasteiger partial charge in [-0.25, -0.2) is 0 Å². The van der Waals surface area contributed by atoms with Crippen LogP contribution in [0.15, 0.2) is 24.3 Å². The van der Waals surface area contributed by atoms with E-state index in [2.05, 4.69) is 11.4 Å². The average Bonchev–Trinajstić information content (AvgIpc) is 2.40. The van der Waals surface area contributed by atoms with Gasteiger partial charge in [-0.2, -0.15) is 0 Å². The molecule has 0 saturated carbocycles. The Kier molecular flexibility index (Phi) is 5.45. The highest BCUT2D eigenvalue weighted by Crippen LogP contribution is 2.31. The average molecular weight is 269 g/mol. The quantitative estimate of drug-likeness (QED) is 0.862. The molecule has 1 heterocycles. The molecule has 0 radical (unpaired) electrons. The van der Waals surface area contributed by atoms with Gasteiger partial charge in [-0.1, -0.05) is 23.7 Å². The molecule has 2 atom stereocenters. The summed E-state index contributed by atoms with van der Waals surface area (Å²) in [6.45, 7) is 3.25. The number of piperidine rings is 1. The Balaban J connectivity index is 2.12. The minimum atomic E-state index is 0.0973. The van der Waals surface area contributed by atoms with Crippen LogP contribution >= 0.6 is 11.6 Å². The fraction of sp³-hybridized carbons (Fsp3) is 0.571. The first-order valence-electron chi connectivity index (χ1n) is 6.59. The zero-order valence-corrected chi connectivity index (χ0v) is 11.3. The second kappa shape index (κ2) is 7.10. The highest BCUT2D eigenvalue weighted by Gasteiger charge is 2.25. The molecular weight excluding hydrogens is 248 g/mol. The monoisotopic (exact) mass is 268 g/mol. The van der Waals surface area contributed by atoms with Gasteiger partial charge >= 0.3 is 0 Å². The molecule has 1 aliphatic rings. The van der Waals surface area contributed by atoms with Gasteiger partial charge in [0.15, 0.2) is 0 Å². The Bertz CT molecular complexity index is 367. The molecule has 3 N–H and O–H groups in total. The SMILES string of the molecule is NCCO[C@@H](c1cccc(Cl)c1)[C@@H]1CCCNC1. The Labute approximate surface area is 114 Å². The Morgan fingerprint density at radius 1 is 1.50 bits per heavy atom. The molecule has 1 aromatic carbocycles. The van der Waals surface area contributed by atoms with Crippen molar-refractivity contribution in [2.24, 2.45) is 11.7 Å². The van der Waals surface area contributed by atoms with E-state index in [-0.39, 0.29) is 6.10 Å². The summed E-state index contributed by atoms with van der Waals surface area (Å²) in [7, 11) is 0. The number of ether oxygens (including phenoxy) is 1. The topological polar surface area (TPSA) is 47.3 Å². The van der Waals surface area contributed by atoms with Crippen LogP contribution in [0.25, 0.3) is 0 Å². The van der Waals surface area contributed by atoms with Crippen molar-refractivity contribution in [3.8, 4) is 0 Å². The van der Waals surface area contributed by atoms with Crippen molar-refractivity contribution in [3.63, 3.8) is 0 Å². The first-order chi connectivity index (χ1) is 8.81. The summed E-state index contributed by atoms with van der Waals surface area (Å²) in [6.07, 6.45) is 2.49. The molecule has 0 spiro atoms. The van der Waals surface area contributed by atoms with E-state index in [1.54, 1.807) is 0 Å². The highest BCUT2D eigenvalue weighted by atomic mass is 35.5. The molecule has 4 heteroatoms. The van der Waals surface area contributed by atoms with Crippen LogP contribution in [0.2, 0.25) is 5.02 Å². The molecule has 0 bridgehead atoms. The third-order valence-electron chi connectivity index (χ3n) is 3.36. The third-order valence-corrected chi connectivity index (χ3v) is 3.59. The maximum absolute atomic E-state index is 6.07. The summed E-state index contributed by atoms with van der Waals surface area (Å²) >= 11 is 6.07. The van der Waals surface area contributed by atoms with E-state index in [0.717, 1.165) is 23.7 Å². The fourth-order valence-corrected chi connectivity index (χ4v) is 2.72. The molecule has 0 amide bonds. The lowest BCUT2D eigenvalue weighted by atomic mass is 9.89. The molecule has 1 aromatic rings. The van der Waals surface area contributed by atoms with Crippen molar-refractivity contribution >= 4 is 11.6 Å². The number of nitrogens with two attached hydrogens (primary N) is 1. The van der Waals surface area contributed by atoms with Crippen LogP contribution in [0, 0.1) is 5.92 Å². The number of halogens is 1. The second-order valence-electron chi connectivity index (χ2n) is 4.74. The molecular formula is C14H21ClN2O. The number of rotatable bonds is 5. The van der Waals surface area contributed by atoms with Crippen LogP contribution in [0.4, 0.5) is 0 Å². The van der Waals surface area contributed by atoms with E-state index < -0.39 is 0 Å². The fourth-order valence-electron chi connectivity index (χ4n) is 2.52. The molecule has 1 fully saturated rings. The zero-order chi connectivity index (χ0) is 12.8. The highest BCUT2D eigenvalue weighted by molar-refractivity contribution is 6.30. The smallest absolute Gasteiger partial charge is 0.0866 e. The van der Waals surface area contributed by atoms with Gasteiger partial charge in [0.25, 0.3) is 0 Å². The number of hydrogen-bond donors (Lipinski definition) is 2. The summed E-state index contributed by atoms with van der Waals surface area (Å²) < 4.78 is 5.95. The van der Waals surface area contributed by atoms with E-state index in [0.29, 0.717) is 19.1 Å². The Hall–Kier alpha value is -0.610. The minimum Gasteiger partial charge on any atom is -0.372 e. The van der Waals surface area contributed by atoms with Crippen LogP contribution in [-0.2, 0) is 4.74 Å². The first-order valence-corrected chi connectivity index (χ1v) is 6.97. The summed E-state index contributed by atoms with van der Waals surface area (Å²) in [5, 5.41) is 4.19. The van der Waals surface area contributed by atoms with Gasteiger partial charge < -0.3 is 15.8 Å². The predicted octanol–water partition coefficient (Wildman–Crippen LogP) is 2.36. The van der Waals surface area contributed by atoms with Gasteiger partial charge in [0.05, 0.1) is 12.7 Å². The van der Waals surface area contributed by atoms with Crippen LogP contribution in [0.5, 0.6) is 0 Å². The lowest BCUT2D eigenvalue weighted by molar-refractivity contribution is 0.00721. The molecule has 100 valence electrons. The molecule has 0 aliphatic carbocycles. The molecule has 0 aromatic heterocycles. The summed E-state index contributed by atoms with van der Waals surface area (Å²) in [6, 6.07) is 7.95. The van der Waals surface area contributed by atoms with Gasteiger partial charge in [-0.15, -0.1) is 0 Å². The van der Waals surface area contributed by atoms with Crippen LogP contribution < -0.4 is 11.1 Å². The Morgan fingerprint density at radius 3 is 3.06 bits per heavy atom. The van der Waals surface area contributed by atoms with Crippen molar-refractivity contribution in [2.75, 3.05) is 26.2 Å². The van der Waals surface area contributed by atoms with Gasteiger partial charge in [0, 0.05) is 24.0 Å². The molecule has 1 aliphatic heterocycles. The van der Waals surface area contributed by atoms with E-state index in [1.807, 2.05) is 18.2 Å². The first kappa shape index (κ1) is 13.8. The van der Waals surface area contributed by atoms with Crippen molar-refractivity contribution in [3.05, 3.63) is 34.9 Å². The lowest BCUT2D eigenvalue weighted by Gasteiger charge is -2.31. The summed E-state index contributed by atoms with van der Waals surface area (Å²) in [4.78, 5) is 0. The second-order valence-corrected chi connectivity index (χ2v) is 5.18. The third kappa shape index (κ3) is 3.69. The molecule has 2 rings (SSSR count). The van der Waals surface area contributed by atoms with E-state index in [1.165, 1.54) is 12.8 Å². The minimum absolute atomic E-state index is 0.0973. The molecule has 3 nitrogen and oxygen atoms in total. The summed E-state index contributed by atoms with van der Waals surface area (Å²) in [5.41, 5.74) is 6.70. The summed E-state index contributed by atoms with van der Waals surface area (Å²) in [5.74, 6) is 0.503. The largest absolute Gasteiger partial charge is 0.372 e. The number of nitrogens with one attached hydrogen (secondary N) is 1. The van der Waals surface area contributed by atoms with Crippen LogP contribution in [0.1, 0.15) is 24.5 Å². The van der Waals surface area contributed by atoms with Crippen molar-refractivity contribution in [2.45, 2.75) is 18.9 Å². The van der Waals surface area contributed by atoms with Crippen molar-refractivity contribution < 1.29 is 4.74 Å². The Morgan fingerprint density at radius 2 is 2.39 bits per heavy atom. The standard InChI is InChI=1S/C14H21ClN2O/c15-13-5-1-3-11(9-13)14(18-8-6-16)12-4-2-7-17-10-12/h1,3,5,9,12,14,17H,2,4,6-8,10,16H2/t12-,14+/m1/s1. The van der Waals surface area contributed by atoms with Crippen LogP contribution in [-0.4, -0.2) is 26.2 Å². The normalized spacial score (nSPS) is 21.8. The number of hydrogen-bond acceptors (Lipinski definition) is 3. The molecule has 1 saturated heterocycles. The zero-order valence-electron chi connectivity index (χ0n) is 10.6.